The standard InChI is InChI=1S/C29H27O3P/c1-32-29-22-23(19-20-28(29)31)27(30)18-11-21-33(24-12-5-2-6-13-24,25-14-7-3-8-15-25)26-16-9-4-10-17-26/h2-10,12-17,19-20,22H,11,18,21H2,1H3/p+1. The molecule has 0 saturated carbocycles. The maximum Gasteiger partial charge on any atom is 0.163 e. The van der Waals surface area contributed by atoms with Crippen molar-refractivity contribution in [2.45, 2.75) is 12.8 Å². The molecule has 0 spiro atoms. The van der Waals surface area contributed by atoms with Gasteiger partial charge in [-0.2, -0.15) is 0 Å². The zero-order valence-electron chi connectivity index (χ0n) is 18.7. The van der Waals surface area contributed by atoms with E-state index in [0.29, 0.717) is 17.7 Å². The first-order chi connectivity index (χ1) is 16.1. The van der Waals surface area contributed by atoms with Crippen molar-refractivity contribution in [1.82, 2.24) is 0 Å². The second kappa shape index (κ2) is 10.5. The minimum atomic E-state index is -1.94. The summed E-state index contributed by atoms with van der Waals surface area (Å²) in [7, 11) is -0.453. The molecule has 0 radical (unpaired) electrons. The molecular weight excluding hydrogens is 427 g/mol. The molecule has 0 aromatic heterocycles. The Balaban J connectivity index is 1.68. The highest BCUT2D eigenvalue weighted by Gasteiger charge is 2.44. The maximum absolute atomic E-state index is 13.0. The van der Waals surface area contributed by atoms with E-state index in [1.165, 1.54) is 29.1 Å². The number of phenolic OH excluding ortho intramolecular Hbond substituents is 1. The number of aromatic hydroxyl groups is 1. The van der Waals surface area contributed by atoms with Crippen LogP contribution in [0, 0.1) is 0 Å². The third-order valence-electron chi connectivity index (χ3n) is 5.99. The number of Topliss-reactive ketones (excluding diaryl/α,β-unsaturated/α-hetero) is 1. The molecule has 0 aliphatic rings. The van der Waals surface area contributed by atoms with E-state index in [-0.39, 0.29) is 11.5 Å². The first-order valence-electron chi connectivity index (χ1n) is 11.1. The molecule has 0 bridgehead atoms. The van der Waals surface area contributed by atoms with Crippen LogP contribution in [0.5, 0.6) is 11.5 Å². The average Bonchev–Trinajstić information content (AvgIpc) is 2.88. The predicted octanol–water partition coefficient (Wildman–Crippen LogP) is 5.36. The van der Waals surface area contributed by atoms with Gasteiger partial charge in [0, 0.05) is 12.0 Å². The zero-order chi connectivity index (χ0) is 23.1. The van der Waals surface area contributed by atoms with Crippen LogP contribution in [-0.2, 0) is 0 Å². The molecule has 0 atom stereocenters. The summed E-state index contributed by atoms with van der Waals surface area (Å²) in [6.07, 6.45) is 2.09. The molecule has 0 amide bonds. The molecule has 4 aromatic carbocycles. The summed E-state index contributed by atoms with van der Waals surface area (Å²) >= 11 is 0. The molecular formula is C29H28O3P+. The summed E-state index contributed by atoms with van der Waals surface area (Å²) in [5.41, 5.74) is 0.563. The third-order valence-corrected chi connectivity index (χ3v) is 10.5. The van der Waals surface area contributed by atoms with E-state index < -0.39 is 7.26 Å². The van der Waals surface area contributed by atoms with Crippen molar-refractivity contribution in [1.29, 1.82) is 0 Å². The fourth-order valence-corrected chi connectivity index (χ4v) is 8.70. The Morgan fingerprint density at radius 2 is 1.24 bits per heavy atom. The normalized spacial score (nSPS) is 11.2. The monoisotopic (exact) mass is 455 g/mol. The molecule has 166 valence electrons. The van der Waals surface area contributed by atoms with Crippen LogP contribution in [0.1, 0.15) is 23.2 Å². The second-order valence-corrected chi connectivity index (χ2v) is 11.6. The van der Waals surface area contributed by atoms with E-state index >= 15 is 0 Å². The van der Waals surface area contributed by atoms with Crippen LogP contribution in [0.3, 0.4) is 0 Å². The SMILES string of the molecule is COc1cc(C(=O)CCC[P+](c2ccccc2)(c2ccccc2)c2ccccc2)ccc1O. The van der Waals surface area contributed by atoms with E-state index in [2.05, 4.69) is 91.0 Å². The second-order valence-electron chi connectivity index (χ2n) is 7.95. The van der Waals surface area contributed by atoms with Crippen LogP contribution in [0.4, 0.5) is 0 Å². The van der Waals surface area contributed by atoms with Gasteiger partial charge < -0.3 is 9.84 Å². The van der Waals surface area contributed by atoms with Gasteiger partial charge in [0.15, 0.2) is 17.3 Å². The van der Waals surface area contributed by atoms with Crippen LogP contribution in [0.25, 0.3) is 0 Å². The predicted molar refractivity (Wildman–Crippen MR) is 138 cm³/mol. The van der Waals surface area contributed by atoms with Crippen molar-refractivity contribution in [2.24, 2.45) is 0 Å². The van der Waals surface area contributed by atoms with Gasteiger partial charge in [-0.3, -0.25) is 4.79 Å². The molecule has 33 heavy (non-hydrogen) atoms. The van der Waals surface area contributed by atoms with E-state index in [1.54, 1.807) is 12.1 Å². The molecule has 0 fully saturated rings. The van der Waals surface area contributed by atoms with Crippen molar-refractivity contribution < 1.29 is 14.6 Å². The highest BCUT2D eigenvalue weighted by molar-refractivity contribution is 7.95. The molecule has 0 heterocycles. The fraction of sp³-hybridized carbons (Fsp3) is 0.138. The lowest BCUT2D eigenvalue weighted by atomic mass is 10.1. The van der Waals surface area contributed by atoms with Crippen molar-refractivity contribution in [3.8, 4) is 11.5 Å². The Bertz CT molecular complexity index is 1090. The Kier molecular flexibility index (Phi) is 7.22. The Labute approximate surface area is 196 Å². The number of ketones is 1. The number of hydrogen-bond acceptors (Lipinski definition) is 3. The minimum absolute atomic E-state index is 0.0382. The molecule has 0 aliphatic heterocycles. The molecule has 3 nitrogen and oxygen atoms in total. The molecule has 0 saturated heterocycles. The van der Waals surface area contributed by atoms with Crippen molar-refractivity contribution >= 4 is 29.0 Å². The van der Waals surface area contributed by atoms with Crippen molar-refractivity contribution in [2.75, 3.05) is 13.3 Å². The Morgan fingerprint density at radius 3 is 1.70 bits per heavy atom. The van der Waals surface area contributed by atoms with Gasteiger partial charge in [-0.25, -0.2) is 0 Å². The largest absolute Gasteiger partial charge is 0.504 e. The highest BCUT2D eigenvalue weighted by Crippen LogP contribution is 2.55. The van der Waals surface area contributed by atoms with Crippen LogP contribution in [0.15, 0.2) is 109 Å². The van der Waals surface area contributed by atoms with E-state index in [9.17, 15) is 9.90 Å². The molecule has 4 aromatic rings. The molecule has 1 N–H and O–H groups in total. The highest BCUT2D eigenvalue weighted by atomic mass is 31.2. The molecule has 0 unspecified atom stereocenters. The number of benzene rings is 4. The summed E-state index contributed by atoms with van der Waals surface area (Å²) in [5.74, 6) is 0.414. The summed E-state index contributed by atoms with van der Waals surface area (Å²) in [5, 5.41) is 13.8. The van der Waals surface area contributed by atoms with Crippen LogP contribution >= 0.6 is 7.26 Å². The van der Waals surface area contributed by atoms with Gasteiger partial charge in [-0.1, -0.05) is 54.6 Å². The van der Waals surface area contributed by atoms with Gasteiger partial charge >= 0.3 is 0 Å². The lowest BCUT2D eigenvalue weighted by Crippen LogP contribution is -2.33. The van der Waals surface area contributed by atoms with Gasteiger partial charge in [0.25, 0.3) is 0 Å². The average molecular weight is 456 g/mol. The Hall–Kier alpha value is -3.42. The fourth-order valence-electron chi connectivity index (χ4n) is 4.35. The smallest absolute Gasteiger partial charge is 0.163 e. The molecule has 4 rings (SSSR count). The van der Waals surface area contributed by atoms with Gasteiger partial charge in [-0.15, -0.1) is 0 Å². The van der Waals surface area contributed by atoms with E-state index in [0.717, 1.165) is 12.6 Å². The van der Waals surface area contributed by atoms with Crippen LogP contribution in [-0.4, -0.2) is 24.2 Å². The van der Waals surface area contributed by atoms with Gasteiger partial charge in [0.05, 0.1) is 13.3 Å². The summed E-state index contributed by atoms with van der Waals surface area (Å²) < 4.78 is 5.17. The number of ether oxygens (including phenoxy) is 1. The zero-order valence-corrected chi connectivity index (χ0v) is 19.6. The van der Waals surface area contributed by atoms with Gasteiger partial charge in [0.1, 0.15) is 23.2 Å². The van der Waals surface area contributed by atoms with Crippen LogP contribution < -0.4 is 20.7 Å². The number of phenols is 1. The molecule has 4 heteroatoms. The lowest BCUT2D eigenvalue weighted by Gasteiger charge is -2.27. The summed E-state index contributed by atoms with van der Waals surface area (Å²) in [6.45, 7) is 0. The number of carbonyl (C=O) groups excluding carboxylic acids is 1. The number of methoxy groups -OCH3 is 1. The number of rotatable bonds is 9. The van der Waals surface area contributed by atoms with Crippen LogP contribution in [0.2, 0.25) is 0 Å². The van der Waals surface area contributed by atoms with Gasteiger partial charge in [0.2, 0.25) is 0 Å². The van der Waals surface area contributed by atoms with Crippen molar-refractivity contribution in [3.63, 3.8) is 0 Å². The van der Waals surface area contributed by atoms with Crippen molar-refractivity contribution in [3.05, 3.63) is 115 Å². The first-order valence-corrected chi connectivity index (χ1v) is 13.1. The van der Waals surface area contributed by atoms with Gasteiger partial charge in [-0.05, 0) is 61.0 Å². The Morgan fingerprint density at radius 1 is 0.758 bits per heavy atom. The topological polar surface area (TPSA) is 46.5 Å². The van der Waals surface area contributed by atoms with E-state index in [4.69, 9.17) is 4.74 Å². The lowest BCUT2D eigenvalue weighted by molar-refractivity contribution is 0.0981. The quantitative estimate of drug-likeness (QED) is 0.273. The molecule has 0 aliphatic carbocycles. The number of hydrogen-bond donors (Lipinski definition) is 1. The first kappa shape index (κ1) is 22.8. The minimum Gasteiger partial charge on any atom is -0.504 e. The summed E-state index contributed by atoms with van der Waals surface area (Å²) in [4.78, 5) is 13.0. The summed E-state index contributed by atoms with van der Waals surface area (Å²) in [6, 6.07) is 36.9. The third kappa shape index (κ3) is 4.84. The maximum atomic E-state index is 13.0. The van der Waals surface area contributed by atoms with E-state index in [1.807, 2.05) is 0 Å². The number of carbonyl (C=O) groups is 1.